The van der Waals surface area contributed by atoms with Crippen molar-refractivity contribution in [2.45, 2.75) is 66.2 Å². The maximum absolute atomic E-state index is 14.7. The Morgan fingerprint density at radius 1 is 0.953 bits per heavy atom. The van der Waals surface area contributed by atoms with Crippen LogP contribution in [0.5, 0.6) is 0 Å². The molecule has 1 unspecified atom stereocenters. The molecule has 1 aliphatic heterocycles. The number of methoxy groups -OCH3 is 1. The van der Waals surface area contributed by atoms with Crippen LogP contribution in [0.3, 0.4) is 0 Å². The van der Waals surface area contributed by atoms with E-state index in [0.29, 0.717) is 60.3 Å². The normalized spacial score (nSPS) is 23.2. The van der Waals surface area contributed by atoms with E-state index >= 15 is 0 Å². The topological polar surface area (TPSA) is 63.7 Å². The molecule has 1 saturated carbocycles. The number of thioether (sulfide) groups is 1. The fourth-order valence-electron chi connectivity index (χ4n) is 5.90. The SMILES string of the molecule is COC(=O)C1CCC(C(=O)N2CCC(Sc3cccc(CC=O)c3)(c3ccc(C(F)(C(F)(F)F)C(F)(F)F)cc3)C2)CC1. The van der Waals surface area contributed by atoms with E-state index in [9.17, 15) is 45.1 Å². The summed E-state index contributed by atoms with van der Waals surface area (Å²) in [4.78, 5) is 38.8. The smallest absolute Gasteiger partial charge is 0.435 e. The molecule has 0 radical (unpaired) electrons. The highest BCUT2D eigenvalue weighted by Gasteiger charge is 2.73. The first-order valence-corrected chi connectivity index (χ1v) is 14.5. The molecule has 0 spiro atoms. The second-order valence-corrected chi connectivity index (χ2v) is 12.4. The summed E-state index contributed by atoms with van der Waals surface area (Å²) in [5.41, 5.74) is -6.10. The average Bonchev–Trinajstić information content (AvgIpc) is 3.40. The first-order valence-electron chi connectivity index (χ1n) is 13.7. The number of hydrogen-bond acceptors (Lipinski definition) is 5. The standard InChI is InChI=1S/C30H30F7NO4S/c1-42-26(41)21-7-5-20(6-8-21)25(40)38-15-14-27(18-38,43-24-4-2-3-19(17-24)13-16-39)22-9-11-23(12-10-22)28(31,29(32,33)34)30(35,36)37/h2-4,9-12,16-17,20-21H,5-8,13-15,18H2,1H3. The molecular formula is C30H30F7NO4S. The van der Waals surface area contributed by atoms with E-state index in [0.717, 1.165) is 18.4 Å². The van der Waals surface area contributed by atoms with Gasteiger partial charge in [0.1, 0.15) is 6.29 Å². The largest absolute Gasteiger partial charge is 0.469 e. The van der Waals surface area contributed by atoms with Crippen LogP contribution in [0.4, 0.5) is 30.7 Å². The molecule has 1 aliphatic carbocycles. The van der Waals surface area contributed by atoms with Crippen LogP contribution in [0.15, 0.2) is 53.4 Å². The minimum Gasteiger partial charge on any atom is -0.469 e. The van der Waals surface area contributed by atoms with Crippen LogP contribution >= 0.6 is 11.8 Å². The summed E-state index contributed by atoms with van der Waals surface area (Å²) in [5, 5.41) is 0. The van der Waals surface area contributed by atoms with Gasteiger partial charge in [0, 0.05) is 35.9 Å². The summed E-state index contributed by atoms with van der Waals surface area (Å²) >= 11 is 1.28. The van der Waals surface area contributed by atoms with Crippen molar-refractivity contribution in [2.24, 2.45) is 11.8 Å². The summed E-state index contributed by atoms with van der Waals surface area (Å²) in [5.74, 6) is -1.09. The fourth-order valence-corrected chi connectivity index (χ4v) is 7.37. The molecule has 234 valence electrons. The summed E-state index contributed by atoms with van der Waals surface area (Å²) in [6.45, 7) is 0.376. The van der Waals surface area contributed by atoms with Gasteiger partial charge in [-0.25, -0.2) is 4.39 Å². The first kappa shape index (κ1) is 32.8. The van der Waals surface area contributed by atoms with E-state index in [1.165, 1.54) is 18.9 Å². The van der Waals surface area contributed by atoms with E-state index in [1.54, 1.807) is 29.2 Å². The Morgan fingerprint density at radius 3 is 2.12 bits per heavy atom. The molecule has 1 saturated heterocycles. The molecular weight excluding hydrogens is 603 g/mol. The van der Waals surface area contributed by atoms with Gasteiger partial charge >= 0.3 is 24.0 Å². The number of carbonyl (C=O) groups excluding carboxylic acids is 3. The van der Waals surface area contributed by atoms with Gasteiger partial charge in [-0.05, 0) is 55.4 Å². The van der Waals surface area contributed by atoms with E-state index < -0.39 is 28.3 Å². The monoisotopic (exact) mass is 633 g/mol. The van der Waals surface area contributed by atoms with Crippen molar-refractivity contribution in [1.82, 2.24) is 4.90 Å². The Morgan fingerprint density at radius 2 is 1.56 bits per heavy atom. The van der Waals surface area contributed by atoms with Crippen LogP contribution in [0.2, 0.25) is 0 Å². The predicted octanol–water partition coefficient (Wildman–Crippen LogP) is 6.92. The zero-order chi connectivity index (χ0) is 31.6. The number of carbonyl (C=O) groups is 3. The third-order valence-corrected chi connectivity index (χ3v) is 9.72. The summed E-state index contributed by atoms with van der Waals surface area (Å²) in [6, 6.07) is 10.1. The highest BCUT2D eigenvalue weighted by atomic mass is 32.2. The van der Waals surface area contributed by atoms with E-state index in [4.69, 9.17) is 4.74 Å². The van der Waals surface area contributed by atoms with Crippen LogP contribution in [-0.2, 0) is 36.0 Å². The Hall–Kier alpha value is -3.09. The zero-order valence-corrected chi connectivity index (χ0v) is 24.0. The van der Waals surface area contributed by atoms with Gasteiger partial charge in [0.2, 0.25) is 5.91 Å². The highest BCUT2D eigenvalue weighted by molar-refractivity contribution is 8.00. The number of halogens is 7. The van der Waals surface area contributed by atoms with Gasteiger partial charge in [0.05, 0.1) is 17.8 Å². The Labute approximate surface area is 248 Å². The molecule has 13 heteroatoms. The molecule has 2 aliphatic rings. The first-order chi connectivity index (χ1) is 20.1. The van der Waals surface area contributed by atoms with Crippen LogP contribution in [-0.4, -0.2) is 55.6 Å². The van der Waals surface area contributed by atoms with Crippen molar-refractivity contribution in [3.8, 4) is 0 Å². The quantitative estimate of drug-likeness (QED) is 0.180. The number of benzene rings is 2. The van der Waals surface area contributed by atoms with Gasteiger partial charge in [-0.15, -0.1) is 11.8 Å². The second kappa shape index (κ2) is 12.5. The number of aldehydes is 1. The van der Waals surface area contributed by atoms with Gasteiger partial charge in [0.15, 0.2) is 0 Å². The van der Waals surface area contributed by atoms with Crippen molar-refractivity contribution < 1.29 is 49.9 Å². The molecule has 43 heavy (non-hydrogen) atoms. The second-order valence-electron chi connectivity index (χ2n) is 10.9. The summed E-state index contributed by atoms with van der Waals surface area (Å²) in [7, 11) is 1.31. The number of likely N-dealkylation sites (tertiary alicyclic amines) is 1. The number of alkyl halides is 7. The molecule has 0 N–H and O–H groups in total. The number of esters is 1. The Balaban J connectivity index is 1.65. The molecule has 4 rings (SSSR count). The lowest BCUT2D eigenvalue weighted by molar-refractivity contribution is -0.348. The van der Waals surface area contributed by atoms with Gasteiger partial charge in [-0.1, -0.05) is 36.4 Å². The number of ether oxygens (including phenoxy) is 1. The lowest BCUT2D eigenvalue weighted by Crippen LogP contribution is -2.50. The van der Waals surface area contributed by atoms with Crippen molar-refractivity contribution >= 4 is 29.9 Å². The van der Waals surface area contributed by atoms with Crippen molar-refractivity contribution in [3.63, 3.8) is 0 Å². The molecule has 0 aromatic heterocycles. The van der Waals surface area contributed by atoms with E-state index in [2.05, 4.69) is 0 Å². The van der Waals surface area contributed by atoms with Crippen molar-refractivity contribution in [1.29, 1.82) is 0 Å². The Kier molecular flexibility index (Phi) is 9.53. The molecule has 2 fully saturated rings. The summed E-state index contributed by atoms with van der Waals surface area (Å²) < 4.78 is 98.7. The molecule has 5 nitrogen and oxygen atoms in total. The van der Waals surface area contributed by atoms with Gasteiger partial charge in [-0.3, -0.25) is 9.59 Å². The number of nitrogens with zero attached hydrogens (tertiary/aromatic N) is 1. The minimum absolute atomic E-state index is 0.101. The van der Waals surface area contributed by atoms with Gasteiger partial charge in [-0.2, -0.15) is 26.3 Å². The predicted molar refractivity (Wildman–Crippen MR) is 144 cm³/mol. The molecule has 1 amide bonds. The van der Waals surface area contributed by atoms with Crippen LogP contribution in [0, 0.1) is 11.8 Å². The van der Waals surface area contributed by atoms with E-state index in [-0.39, 0.29) is 43.2 Å². The van der Waals surface area contributed by atoms with Crippen molar-refractivity contribution in [2.75, 3.05) is 20.2 Å². The minimum atomic E-state index is -6.23. The summed E-state index contributed by atoms with van der Waals surface area (Å²) in [6.07, 6.45) is -9.34. The van der Waals surface area contributed by atoms with Gasteiger partial charge < -0.3 is 14.4 Å². The maximum Gasteiger partial charge on any atom is 0.435 e. The Bertz CT molecular complexity index is 1310. The number of amides is 1. The molecule has 2 aromatic carbocycles. The molecule has 2 aromatic rings. The maximum atomic E-state index is 14.7. The third-order valence-electron chi connectivity index (χ3n) is 8.28. The molecule has 1 atom stereocenters. The number of rotatable bonds is 8. The van der Waals surface area contributed by atoms with Gasteiger partial charge in [0.25, 0.3) is 0 Å². The number of hydrogen-bond donors (Lipinski definition) is 0. The lowest BCUT2D eigenvalue weighted by atomic mass is 9.81. The third kappa shape index (κ3) is 6.56. The molecule has 0 bridgehead atoms. The van der Waals surface area contributed by atoms with Crippen LogP contribution in [0.1, 0.15) is 48.8 Å². The zero-order valence-electron chi connectivity index (χ0n) is 23.1. The fraction of sp³-hybridized carbons (Fsp3) is 0.500. The van der Waals surface area contributed by atoms with Crippen molar-refractivity contribution in [3.05, 3.63) is 65.2 Å². The van der Waals surface area contributed by atoms with Crippen LogP contribution in [0.25, 0.3) is 0 Å². The lowest BCUT2D eigenvalue weighted by Gasteiger charge is -2.33. The average molecular weight is 634 g/mol. The van der Waals surface area contributed by atoms with Crippen LogP contribution < -0.4 is 0 Å². The highest BCUT2D eigenvalue weighted by Crippen LogP contribution is 2.54. The molecule has 1 heterocycles. The van der Waals surface area contributed by atoms with E-state index in [1.807, 2.05) is 0 Å².